The summed E-state index contributed by atoms with van der Waals surface area (Å²) in [5, 5.41) is 2.87. The minimum absolute atomic E-state index is 0.00480. The highest BCUT2D eigenvalue weighted by Gasteiger charge is 2.27. The third kappa shape index (κ3) is 6.06. The van der Waals surface area contributed by atoms with E-state index in [1.165, 1.54) is 12.0 Å². The second-order valence-corrected chi connectivity index (χ2v) is 7.19. The maximum atomic E-state index is 12.4. The molecule has 0 radical (unpaired) electrons. The standard InChI is InChI=1S/C20H29N3O4/c1-14-5-6-15(2)17(11-14)21-18(24)12-22(3)19(25)13-23-9-7-16(8-10-23)20(26)27-4/h5-6,11,16H,7-10,12-13H2,1-4H3,(H,21,24). The molecular weight excluding hydrogens is 346 g/mol. The molecule has 1 heterocycles. The van der Waals surface area contributed by atoms with E-state index in [9.17, 15) is 14.4 Å². The number of aryl methyl sites for hydroxylation is 2. The Bertz CT molecular complexity index is 696. The second-order valence-electron chi connectivity index (χ2n) is 7.19. The lowest BCUT2D eigenvalue weighted by atomic mass is 9.97. The average molecular weight is 375 g/mol. The summed E-state index contributed by atoms with van der Waals surface area (Å²) >= 11 is 0. The quantitative estimate of drug-likeness (QED) is 0.764. The smallest absolute Gasteiger partial charge is 0.308 e. The van der Waals surface area contributed by atoms with Crippen molar-refractivity contribution >= 4 is 23.5 Å². The number of nitrogens with one attached hydrogen (secondary N) is 1. The number of likely N-dealkylation sites (N-methyl/N-ethyl adjacent to an activating group) is 1. The van der Waals surface area contributed by atoms with Gasteiger partial charge in [-0.1, -0.05) is 12.1 Å². The first-order valence-electron chi connectivity index (χ1n) is 9.21. The lowest BCUT2D eigenvalue weighted by molar-refractivity contribution is -0.147. The molecule has 0 saturated carbocycles. The van der Waals surface area contributed by atoms with E-state index in [2.05, 4.69) is 5.32 Å². The van der Waals surface area contributed by atoms with Crippen LogP contribution in [0, 0.1) is 19.8 Å². The summed E-state index contributed by atoms with van der Waals surface area (Å²) in [7, 11) is 3.03. The number of hydrogen-bond donors (Lipinski definition) is 1. The Morgan fingerprint density at radius 2 is 1.89 bits per heavy atom. The average Bonchev–Trinajstić information content (AvgIpc) is 2.64. The molecule has 1 aliphatic rings. The topological polar surface area (TPSA) is 79.0 Å². The highest BCUT2D eigenvalue weighted by Crippen LogP contribution is 2.18. The third-order valence-corrected chi connectivity index (χ3v) is 4.95. The van der Waals surface area contributed by atoms with Gasteiger partial charge < -0.3 is 15.0 Å². The second kappa shape index (κ2) is 9.50. The van der Waals surface area contributed by atoms with Crippen LogP contribution in [-0.4, -0.2) is 67.9 Å². The number of hydrogen-bond acceptors (Lipinski definition) is 5. The van der Waals surface area contributed by atoms with Gasteiger partial charge in [0.05, 0.1) is 26.1 Å². The van der Waals surface area contributed by atoms with Gasteiger partial charge in [-0.05, 0) is 57.0 Å². The fraction of sp³-hybridized carbons (Fsp3) is 0.550. The predicted octanol–water partition coefficient (Wildman–Crippen LogP) is 1.59. The number of piperidine rings is 1. The molecule has 2 rings (SSSR count). The van der Waals surface area contributed by atoms with Gasteiger partial charge in [-0.2, -0.15) is 0 Å². The zero-order valence-corrected chi connectivity index (χ0v) is 16.6. The van der Waals surface area contributed by atoms with Gasteiger partial charge in [-0.25, -0.2) is 0 Å². The summed E-state index contributed by atoms with van der Waals surface area (Å²) in [6.07, 6.45) is 1.38. The summed E-state index contributed by atoms with van der Waals surface area (Å²) in [6, 6.07) is 5.86. The molecule has 1 saturated heterocycles. The van der Waals surface area contributed by atoms with E-state index >= 15 is 0 Å². The summed E-state index contributed by atoms with van der Waals surface area (Å²) in [5.74, 6) is -0.588. The number of likely N-dealkylation sites (tertiary alicyclic amines) is 1. The van der Waals surface area contributed by atoms with Crippen LogP contribution in [0.2, 0.25) is 0 Å². The van der Waals surface area contributed by atoms with E-state index in [4.69, 9.17) is 4.74 Å². The molecular formula is C20H29N3O4. The first-order valence-corrected chi connectivity index (χ1v) is 9.21. The van der Waals surface area contributed by atoms with Crippen molar-refractivity contribution < 1.29 is 19.1 Å². The Morgan fingerprint density at radius 3 is 2.52 bits per heavy atom. The predicted molar refractivity (Wildman–Crippen MR) is 103 cm³/mol. The number of carbonyl (C=O) groups is 3. The molecule has 0 atom stereocenters. The van der Waals surface area contributed by atoms with Crippen molar-refractivity contribution in [1.29, 1.82) is 0 Å². The molecule has 1 aliphatic heterocycles. The molecule has 0 aromatic heterocycles. The highest BCUT2D eigenvalue weighted by molar-refractivity contribution is 5.95. The van der Waals surface area contributed by atoms with E-state index in [0.717, 1.165) is 16.8 Å². The van der Waals surface area contributed by atoms with E-state index in [0.29, 0.717) is 25.9 Å². The Morgan fingerprint density at radius 1 is 1.22 bits per heavy atom. The summed E-state index contributed by atoms with van der Waals surface area (Å²) < 4.78 is 4.78. The molecule has 148 valence electrons. The number of amides is 2. The molecule has 7 nitrogen and oxygen atoms in total. The lowest BCUT2D eigenvalue weighted by Gasteiger charge is -2.31. The monoisotopic (exact) mass is 375 g/mol. The van der Waals surface area contributed by atoms with Crippen LogP contribution in [0.1, 0.15) is 24.0 Å². The van der Waals surface area contributed by atoms with Crippen LogP contribution in [0.15, 0.2) is 18.2 Å². The Balaban J connectivity index is 1.79. The van der Waals surface area contributed by atoms with Crippen molar-refractivity contribution in [3.8, 4) is 0 Å². The number of esters is 1. The molecule has 0 spiro atoms. The number of methoxy groups -OCH3 is 1. The molecule has 7 heteroatoms. The first kappa shape index (κ1) is 20.9. The molecule has 2 amide bonds. The van der Waals surface area contributed by atoms with Gasteiger partial charge in [0.15, 0.2) is 0 Å². The fourth-order valence-corrected chi connectivity index (χ4v) is 3.17. The van der Waals surface area contributed by atoms with Gasteiger partial charge in [0.2, 0.25) is 11.8 Å². The summed E-state index contributed by atoms with van der Waals surface area (Å²) in [6.45, 7) is 5.50. The van der Waals surface area contributed by atoms with Crippen molar-refractivity contribution in [3.63, 3.8) is 0 Å². The van der Waals surface area contributed by atoms with Crippen molar-refractivity contribution in [2.75, 3.05) is 45.7 Å². The van der Waals surface area contributed by atoms with Gasteiger partial charge in [0.25, 0.3) is 0 Å². The van der Waals surface area contributed by atoms with Crippen LogP contribution in [0.25, 0.3) is 0 Å². The van der Waals surface area contributed by atoms with Crippen LogP contribution in [0.5, 0.6) is 0 Å². The molecule has 27 heavy (non-hydrogen) atoms. The first-order chi connectivity index (χ1) is 12.8. The number of nitrogens with zero attached hydrogens (tertiary/aromatic N) is 2. The molecule has 0 aliphatic carbocycles. The van der Waals surface area contributed by atoms with Crippen molar-refractivity contribution in [2.24, 2.45) is 5.92 Å². The molecule has 0 unspecified atom stereocenters. The zero-order valence-electron chi connectivity index (χ0n) is 16.6. The Kier molecular flexibility index (Phi) is 7.36. The fourth-order valence-electron chi connectivity index (χ4n) is 3.17. The van der Waals surface area contributed by atoms with E-state index < -0.39 is 0 Å². The summed E-state index contributed by atoms with van der Waals surface area (Å²) in [5.41, 5.74) is 2.82. The highest BCUT2D eigenvalue weighted by atomic mass is 16.5. The Labute approximate surface area is 160 Å². The van der Waals surface area contributed by atoms with Crippen LogP contribution in [-0.2, 0) is 19.1 Å². The normalized spacial score (nSPS) is 15.3. The number of rotatable bonds is 6. The minimum Gasteiger partial charge on any atom is -0.469 e. The zero-order chi connectivity index (χ0) is 20.0. The largest absolute Gasteiger partial charge is 0.469 e. The van der Waals surface area contributed by atoms with Gasteiger partial charge in [-0.15, -0.1) is 0 Å². The van der Waals surface area contributed by atoms with Crippen molar-refractivity contribution in [2.45, 2.75) is 26.7 Å². The van der Waals surface area contributed by atoms with Crippen molar-refractivity contribution in [3.05, 3.63) is 29.3 Å². The van der Waals surface area contributed by atoms with E-state index in [-0.39, 0.29) is 36.8 Å². The van der Waals surface area contributed by atoms with E-state index in [1.54, 1.807) is 7.05 Å². The molecule has 0 bridgehead atoms. The van der Waals surface area contributed by atoms with Crippen LogP contribution in [0.3, 0.4) is 0 Å². The number of benzene rings is 1. The summed E-state index contributed by atoms with van der Waals surface area (Å²) in [4.78, 5) is 39.7. The van der Waals surface area contributed by atoms with Crippen LogP contribution < -0.4 is 5.32 Å². The van der Waals surface area contributed by atoms with Crippen molar-refractivity contribution in [1.82, 2.24) is 9.80 Å². The number of ether oxygens (including phenoxy) is 1. The maximum Gasteiger partial charge on any atom is 0.308 e. The molecule has 1 aromatic carbocycles. The van der Waals surface area contributed by atoms with Gasteiger partial charge in [0.1, 0.15) is 0 Å². The van der Waals surface area contributed by atoms with Crippen LogP contribution in [0.4, 0.5) is 5.69 Å². The van der Waals surface area contributed by atoms with Gasteiger partial charge in [0, 0.05) is 12.7 Å². The lowest BCUT2D eigenvalue weighted by Crippen LogP contribution is -2.45. The van der Waals surface area contributed by atoms with E-state index in [1.807, 2.05) is 36.9 Å². The molecule has 1 N–H and O–H groups in total. The van der Waals surface area contributed by atoms with Gasteiger partial charge >= 0.3 is 5.97 Å². The van der Waals surface area contributed by atoms with Gasteiger partial charge in [-0.3, -0.25) is 19.3 Å². The minimum atomic E-state index is -0.219. The Hall–Kier alpha value is -2.41. The molecule has 1 fully saturated rings. The SMILES string of the molecule is COC(=O)C1CCN(CC(=O)N(C)CC(=O)Nc2cc(C)ccc2C)CC1. The third-order valence-electron chi connectivity index (χ3n) is 4.95. The molecule has 1 aromatic rings. The maximum absolute atomic E-state index is 12.4. The number of carbonyl (C=O) groups excluding carboxylic acids is 3. The number of anilines is 1. The van der Waals surface area contributed by atoms with Crippen LogP contribution >= 0.6 is 0 Å².